The molecule has 1 rings (SSSR count). The van der Waals surface area contributed by atoms with Crippen LogP contribution >= 0.6 is 0 Å². The van der Waals surface area contributed by atoms with Crippen molar-refractivity contribution in [2.75, 3.05) is 6.54 Å². The molecule has 0 spiro atoms. The van der Waals surface area contributed by atoms with Gasteiger partial charge in [-0.15, -0.1) is 0 Å². The van der Waals surface area contributed by atoms with Crippen molar-refractivity contribution in [3.63, 3.8) is 0 Å². The molecule has 0 radical (unpaired) electrons. The van der Waals surface area contributed by atoms with E-state index in [9.17, 15) is 0 Å². The van der Waals surface area contributed by atoms with Gasteiger partial charge in [0.15, 0.2) is 0 Å². The zero-order valence-corrected chi connectivity index (χ0v) is 11.6. The second-order valence-electron chi connectivity index (χ2n) is 4.85. The van der Waals surface area contributed by atoms with Crippen LogP contribution in [-0.2, 0) is 0 Å². The molecule has 0 aliphatic carbocycles. The minimum Gasteiger partial charge on any atom is -0.310 e. The fourth-order valence-corrected chi connectivity index (χ4v) is 2.36. The van der Waals surface area contributed by atoms with Crippen LogP contribution in [0.5, 0.6) is 0 Å². The number of aryl methyl sites for hydroxylation is 2. The Morgan fingerprint density at radius 1 is 1.06 bits per heavy atom. The molecule has 1 aromatic rings. The molecule has 0 aliphatic heterocycles. The fraction of sp³-hybridized carbons (Fsp3) is 0.600. The molecule has 0 heterocycles. The monoisotopic (exact) mass is 219 g/mol. The third kappa shape index (κ3) is 2.65. The van der Waals surface area contributed by atoms with Crippen LogP contribution in [0.3, 0.4) is 0 Å². The Hall–Kier alpha value is -0.820. The van der Waals surface area contributed by atoms with Gasteiger partial charge >= 0.3 is 0 Å². The Balaban J connectivity index is 3.11. The molecular weight excluding hydrogens is 194 g/mol. The first kappa shape index (κ1) is 13.2. The molecule has 0 bridgehead atoms. The smallest absolute Gasteiger partial charge is 0.0297 e. The molecule has 16 heavy (non-hydrogen) atoms. The molecule has 90 valence electrons. The molecule has 1 unspecified atom stereocenters. The van der Waals surface area contributed by atoms with E-state index in [-0.39, 0.29) is 0 Å². The second-order valence-corrected chi connectivity index (χ2v) is 4.85. The molecule has 0 saturated carbocycles. The first-order chi connectivity index (χ1) is 7.49. The molecule has 0 fully saturated rings. The first-order valence-corrected chi connectivity index (χ1v) is 6.29. The summed E-state index contributed by atoms with van der Waals surface area (Å²) in [6.07, 6.45) is 1.19. The summed E-state index contributed by atoms with van der Waals surface area (Å²) in [6.45, 7) is 14.5. The van der Waals surface area contributed by atoms with Gasteiger partial charge in [-0.1, -0.05) is 13.0 Å². The zero-order chi connectivity index (χ0) is 12.3. The van der Waals surface area contributed by atoms with E-state index in [0.29, 0.717) is 6.04 Å². The van der Waals surface area contributed by atoms with Crippen molar-refractivity contribution in [1.82, 2.24) is 5.32 Å². The van der Waals surface area contributed by atoms with Gasteiger partial charge in [-0.05, 0) is 75.4 Å². The van der Waals surface area contributed by atoms with Crippen LogP contribution < -0.4 is 5.32 Å². The summed E-state index contributed by atoms with van der Waals surface area (Å²) in [7, 11) is 0. The van der Waals surface area contributed by atoms with Gasteiger partial charge in [-0.25, -0.2) is 0 Å². The van der Waals surface area contributed by atoms with Gasteiger partial charge in [-0.2, -0.15) is 0 Å². The molecule has 1 aromatic carbocycles. The van der Waals surface area contributed by atoms with Gasteiger partial charge in [0, 0.05) is 6.04 Å². The Labute approximate surface area is 100 Å². The Morgan fingerprint density at radius 3 is 2.00 bits per heavy atom. The van der Waals surface area contributed by atoms with Crippen molar-refractivity contribution in [3.8, 4) is 0 Å². The first-order valence-electron chi connectivity index (χ1n) is 6.29. The molecule has 1 N–H and O–H groups in total. The van der Waals surface area contributed by atoms with Crippen LogP contribution in [0.15, 0.2) is 6.07 Å². The summed E-state index contributed by atoms with van der Waals surface area (Å²) in [6, 6.07) is 2.75. The van der Waals surface area contributed by atoms with Gasteiger partial charge in [-0.3, -0.25) is 0 Å². The van der Waals surface area contributed by atoms with E-state index in [1.807, 2.05) is 0 Å². The average molecular weight is 219 g/mol. The Morgan fingerprint density at radius 2 is 1.56 bits per heavy atom. The largest absolute Gasteiger partial charge is 0.310 e. The van der Waals surface area contributed by atoms with Crippen LogP contribution in [0, 0.1) is 27.7 Å². The van der Waals surface area contributed by atoms with Gasteiger partial charge in [0.1, 0.15) is 0 Å². The lowest BCUT2D eigenvalue weighted by atomic mass is 9.90. The summed E-state index contributed by atoms with van der Waals surface area (Å²) in [4.78, 5) is 0. The third-order valence-corrected chi connectivity index (χ3v) is 3.56. The highest BCUT2D eigenvalue weighted by atomic mass is 14.9. The van der Waals surface area contributed by atoms with Crippen LogP contribution in [0.1, 0.15) is 54.1 Å². The van der Waals surface area contributed by atoms with Gasteiger partial charge in [0.05, 0.1) is 0 Å². The van der Waals surface area contributed by atoms with Crippen LogP contribution in [0.2, 0.25) is 0 Å². The topological polar surface area (TPSA) is 12.0 Å². The lowest BCUT2D eigenvalue weighted by Crippen LogP contribution is -2.21. The highest BCUT2D eigenvalue weighted by molar-refractivity contribution is 5.45. The van der Waals surface area contributed by atoms with Crippen LogP contribution in [0.4, 0.5) is 0 Å². The number of rotatable bonds is 4. The highest BCUT2D eigenvalue weighted by Crippen LogP contribution is 2.27. The van der Waals surface area contributed by atoms with Crippen LogP contribution in [-0.4, -0.2) is 6.54 Å². The molecule has 1 atom stereocenters. The van der Waals surface area contributed by atoms with Gasteiger partial charge in [0.25, 0.3) is 0 Å². The maximum absolute atomic E-state index is 3.58. The van der Waals surface area contributed by atoms with Crippen molar-refractivity contribution in [3.05, 3.63) is 33.9 Å². The molecule has 0 aliphatic rings. The quantitative estimate of drug-likeness (QED) is 0.807. The summed E-state index contributed by atoms with van der Waals surface area (Å²) in [5.74, 6) is 0. The van der Waals surface area contributed by atoms with Crippen molar-refractivity contribution in [1.29, 1.82) is 0 Å². The van der Waals surface area contributed by atoms with Gasteiger partial charge in [0.2, 0.25) is 0 Å². The minimum atomic E-state index is 0.457. The lowest BCUT2D eigenvalue weighted by Gasteiger charge is -2.22. The SMILES string of the molecule is CCCNC(C)c1c(C)c(C)cc(C)c1C. The maximum Gasteiger partial charge on any atom is 0.0297 e. The number of hydrogen-bond acceptors (Lipinski definition) is 1. The fourth-order valence-electron chi connectivity index (χ4n) is 2.36. The van der Waals surface area contributed by atoms with Crippen molar-refractivity contribution >= 4 is 0 Å². The van der Waals surface area contributed by atoms with E-state index in [2.05, 4.69) is 52.9 Å². The maximum atomic E-state index is 3.58. The summed E-state index contributed by atoms with van der Waals surface area (Å²) < 4.78 is 0. The third-order valence-electron chi connectivity index (χ3n) is 3.56. The molecule has 0 saturated heterocycles. The van der Waals surface area contributed by atoms with Crippen molar-refractivity contribution < 1.29 is 0 Å². The number of benzene rings is 1. The van der Waals surface area contributed by atoms with E-state index >= 15 is 0 Å². The second kappa shape index (κ2) is 5.49. The standard InChI is InChI=1S/C15H25N/c1-7-8-16-14(6)15-12(4)10(2)9-11(3)13(15)5/h9,14,16H,7-8H2,1-6H3. The van der Waals surface area contributed by atoms with Crippen molar-refractivity contribution in [2.45, 2.75) is 54.0 Å². The van der Waals surface area contributed by atoms with Crippen molar-refractivity contribution in [2.24, 2.45) is 0 Å². The van der Waals surface area contributed by atoms with Gasteiger partial charge < -0.3 is 5.32 Å². The molecule has 1 nitrogen and oxygen atoms in total. The highest BCUT2D eigenvalue weighted by Gasteiger charge is 2.13. The van der Waals surface area contributed by atoms with Crippen LogP contribution in [0.25, 0.3) is 0 Å². The van der Waals surface area contributed by atoms with E-state index in [1.165, 1.54) is 34.2 Å². The van der Waals surface area contributed by atoms with E-state index in [4.69, 9.17) is 0 Å². The molecule has 0 aromatic heterocycles. The summed E-state index contributed by atoms with van der Waals surface area (Å²) in [5, 5.41) is 3.58. The molecule has 1 heteroatoms. The van der Waals surface area contributed by atoms with E-state index in [1.54, 1.807) is 0 Å². The number of hydrogen-bond donors (Lipinski definition) is 1. The van der Waals surface area contributed by atoms with E-state index < -0.39 is 0 Å². The predicted molar refractivity (Wildman–Crippen MR) is 72.1 cm³/mol. The van der Waals surface area contributed by atoms with E-state index in [0.717, 1.165) is 6.54 Å². The lowest BCUT2D eigenvalue weighted by molar-refractivity contribution is 0.565. The summed E-state index contributed by atoms with van der Waals surface area (Å²) >= 11 is 0. The average Bonchev–Trinajstić information content (AvgIpc) is 2.24. The zero-order valence-electron chi connectivity index (χ0n) is 11.6. The predicted octanol–water partition coefficient (Wildman–Crippen LogP) is 3.98. The minimum absolute atomic E-state index is 0.457. The normalized spacial score (nSPS) is 12.9. The summed E-state index contributed by atoms with van der Waals surface area (Å²) in [5.41, 5.74) is 7.19. The number of nitrogens with one attached hydrogen (secondary N) is 1. The Bertz CT molecular complexity index is 340. The molecular formula is C15H25N. The molecule has 0 amide bonds. The Kier molecular flexibility index (Phi) is 4.55.